The van der Waals surface area contributed by atoms with Gasteiger partial charge in [-0.15, -0.1) is 0 Å². The average Bonchev–Trinajstić information content (AvgIpc) is 3.13. The lowest BCUT2D eigenvalue weighted by Crippen LogP contribution is -2.48. The van der Waals surface area contributed by atoms with E-state index < -0.39 is 33.9 Å². The second kappa shape index (κ2) is 9.92. The van der Waals surface area contributed by atoms with Gasteiger partial charge in [0.25, 0.3) is 10.2 Å². The summed E-state index contributed by atoms with van der Waals surface area (Å²) in [4.78, 5) is 24.2. The van der Waals surface area contributed by atoms with Crippen LogP contribution in [0, 0.1) is 18.7 Å². The fourth-order valence-corrected chi connectivity index (χ4v) is 4.51. The van der Waals surface area contributed by atoms with E-state index in [2.05, 4.69) is 15.4 Å². The zero-order chi connectivity index (χ0) is 23.4. The first kappa shape index (κ1) is 25.0. The van der Waals surface area contributed by atoms with E-state index in [0.29, 0.717) is 17.7 Å². The lowest BCUT2D eigenvalue weighted by Gasteiger charge is -2.23. The molecular formula is C20H31FN4O5S. The summed E-state index contributed by atoms with van der Waals surface area (Å²) in [7, 11) is -3.83. The summed E-state index contributed by atoms with van der Waals surface area (Å²) in [6, 6.07) is 3.68. The Bertz CT molecular complexity index is 917. The first-order valence-corrected chi connectivity index (χ1v) is 11.5. The van der Waals surface area contributed by atoms with Crippen molar-refractivity contribution in [2.75, 3.05) is 25.0 Å². The fourth-order valence-electron chi connectivity index (χ4n) is 3.05. The molecule has 2 amide bonds. The van der Waals surface area contributed by atoms with Crippen molar-refractivity contribution in [3.05, 3.63) is 29.6 Å². The standard InChI is InChI=1S/C20H31FN4O5S/c1-13-10-16(6-7-17(13)21)23-18(26)15-8-9-25(12-15)31(28,29)24-14(2)11-22-19(27)30-20(3,4)5/h6-7,10,14-15,24H,8-9,11-12H2,1-5H3,(H,22,27)(H,23,26). The quantitative estimate of drug-likeness (QED) is 0.579. The predicted molar refractivity (Wildman–Crippen MR) is 115 cm³/mol. The van der Waals surface area contributed by atoms with Crippen molar-refractivity contribution in [3.63, 3.8) is 0 Å². The summed E-state index contributed by atoms with van der Waals surface area (Å²) in [6.45, 7) is 8.69. The molecule has 0 radical (unpaired) electrons. The van der Waals surface area contributed by atoms with Gasteiger partial charge in [0.05, 0.1) is 5.92 Å². The van der Waals surface area contributed by atoms with E-state index in [0.717, 1.165) is 0 Å². The van der Waals surface area contributed by atoms with Gasteiger partial charge in [-0.2, -0.15) is 17.4 Å². The molecule has 9 nitrogen and oxygen atoms in total. The molecular weight excluding hydrogens is 427 g/mol. The Morgan fingerprint density at radius 2 is 2.00 bits per heavy atom. The van der Waals surface area contributed by atoms with E-state index in [-0.39, 0.29) is 31.4 Å². The minimum absolute atomic E-state index is 0.0353. The van der Waals surface area contributed by atoms with Crippen molar-refractivity contribution in [3.8, 4) is 0 Å². The third-order valence-corrected chi connectivity index (χ3v) is 6.30. The summed E-state index contributed by atoms with van der Waals surface area (Å²) in [5.74, 6) is -1.20. The van der Waals surface area contributed by atoms with E-state index in [9.17, 15) is 22.4 Å². The van der Waals surface area contributed by atoms with Crippen LogP contribution in [0.1, 0.15) is 39.7 Å². The smallest absolute Gasteiger partial charge is 0.407 e. The molecule has 1 aliphatic heterocycles. The Labute approximate surface area is 182 Å². The molecule has 2 rings (SSSR count). The number of aryl methyl sites for hydroxylation is 1. The second-order valence-electron chi connectivity index (χ2n) is 8.70. The van der Waals surface area contributed by atoms with Gasteiger partial charge >= 0.3 is 6.09 Å². The van der Waals surface area contributed by atoms with Crippen LogP contribution in [0.2, 0.25) is 0 Å². The highest BCUT2D eigenvalue weighted by Gasteiger charge is 2.35. The topological polar surface area (TPSA) is 117 Å². The monoisotopic (exact) mass is 458 g/mol. The van der Waals surface area contributed by atoms with Gasteiger partial charge in [-0.1, -0.05) is 0 Å². The Morgan fingerprint density at radius 1 is 1.32 bits per heavy atom. The molecule has 0 aliphatic carbocycles. The molecule has 2 unspecified atom stereocenters. The molecule has 1 heterocycles. The number of hydrogen-bond donors (Lipinski definition) is 3. The van der Waals surface area contributed by atoms with Gasteiger partial charge in [0, 0.05) is 31.4 Å². The molecule has 3 N–H and O–H groups in total. The third kappa shape index (κ3) is 7.75. The maximum absolute atomic E-state index is 13.4. The number of rotatable bonds is 7. The molecule has 0 saturated carbocycles. The number of carbonyl (C=O) groups is 2. The van der Waals surface area contributed by atoms with Crippen LogP contribution in [0.25, 0.3) is 0 Å². The summed E-state index contributed by atoms with van der Waals surface area (Å²) >= 11 is 0. The first-order valence-electron chi connectivity index (χ1n) is 10.1. The molecule has 1 aromatic carbocycles. The van der Waals surface area contributed by atoms with Crippen LogP contribution in [-0.4, -0.2) is 56.0 Å². The number of nitrogens with zero attached hydrogens (tertiary/aromatic N) is 1. The van der Waals surface area contributed by atoms with Crippen LogP contribution in [0.5, 0.6) is 0 Å². The summed E-state index contributed by atoms with van der Waals surface area (Å²) in [5.41, 5.74) is 0.224. The number of anilines is 1. The Morgan fingerprint density at radius 3 is 2.61 bits per heavy atom. The predicted octanol–water partition coefficient (Wildman–Crippen LogP) is 2.14. The number of hydrogen-bond acceptors (Lipinski definition) is 5. The number of nitrogens with one attached hydrogen (secondary N) is 3. The summed E-state index contributed by atoms with van der Waals surface area (Å²) in [5, 5.41) is 5.22. The lowest BCUT2D eigenvalue weighted by molar-refractivity contribution is -0.119. The van der Waals surface area contributed by atoms with Crippen molar-refractivity contribution < 1.29 is 27.1 Å². The van der Waals surface area contributed by atoms with Gasteiger partial charge < -0.3 is 15.4 Å². The largest absolute Gasteiger partial charge is 0.444 e. The number of ether oxygens (including phenoxy) is 1. The molecule has 31 heavy (non-hydrogen) atoms. The van der Waals surface area contributed by atoms with Gasteiger partial charge in [0.1, 0.15) is 11.4 Å². The molecule has 11 heteroatoms. The molecule has 2 atom stereocenters. The van der Waals surface area contributed by atoms with Crippen molar-refractivity contribution >= 4 is 27.9 Å². The van der Waals surface area contributed by atoms with E-state index in [1.54, 1.807) is 34.6 Å². The maximum atomic E-state index is 13.4. The van der Waals surface area contributed by atoms with Gasteiger partial charge in [0.15, 0.2) is 0 Å². The Hall–Kier alpha value is -2.24. The summed E-state index contributed by atoms with van der Waals surface area (Å²) < 4.78 is 47.4. The van der Waals surface area contributed by atoms with Crippen LogP contribution < -0.4 is 15.4 Å². The highest BCUT2D eigenvalue weighted by Crippen LogP contribution is 2.22. The number of carbonyl (C=O) groups excluding carboxylic acids is 2. The van der Waals surface area contributed by atoms with E-state index in [1.807, 2.05) is 0 Å². The minimum atomic E-state index is -3.83. The molecule has 0 bridgehead atoms. The highest BCUT2D eigenvalue weighted by atomic mass is 32.2. The molecule has 1 aliphatic rings. The van der Waals surface area contributed by atoms with Gasteiger partial charge in [0.2, 0.25) is 5.91 Å². The highest BCUT2D eigenvalue weighted by molar-refractivity contribution is 7.87. The number of halogens is 1. The van der Waals surface area contributed by atoms with Crippen molar-refractivity contribution in [2.45, 2.75) is 52.7 Å². The minimum Gasteiger partial charge on any atom is -0.444 e. The zero-order valence-electron chi connectivity index (χ0n) is 18.5. The number of alkyl carbamates (subject to hydrolysis) is 1. The Balaban J connectivity index is 1.85. The van der Waals surface area contributed by atoms with Crippen LogP contribution >= 0.6 is 0 Å². The molecule has 0 aromatic heterocycles. The van der Waals surface area contributed by atoms with Gasteiger partial charge in [-0.3, -0.25) is 4.79 Å². The van der Waals surface area contributed by atoms with Gasteiger partial charge in [-0.25, -0.2) is 9.18 Å². The van der Waals surface area contributed by atoms with Crippen molar-refractivity contribution in [2.24, 2.45) is 5.92 Å². The van der Waals surface area contributed by atoms with Crippen molar-refractivity contribution in [1.29, 1.82) is 0 Å². The Kier molecular flexibility index (Phi) is 8.01. The normalized spacial score (nSPS) is 18.5. The summed E-state index contributed by atoms with van der Waals surface area (Å²) in [6.07, 6.45) is -0.259. The van der Waals surface area contributed by atoms with Crippen LogP contribution in [0.4, 0.5) is 14.9 Å². The van der Waals surface area contributed by atoms with E-state index >= 15 is 0 Å². The van der Waals surface area contributed by atoms with Gasteiger partial charge in [-0.05, 0) is 64.8 Å². The lowest BCUT2D eigenvalue weighted by atomic mass is 10.1. The molecule has 1 saturated heterocycles. The van der Waals surface area contributed by atoms with Crippen LogP contribution in [-0.2, 0) is 19.7 Å². The molecule has 1 aromatic rings. The third-order valence-electron chi connectivity index (χ3n) is 4.59. The van der Waals surface area contributed by atoms with Crippen molar-refractivity contribution in [1.82, 2.24) is 14.3 Å². The van der Waals surface area contributed by atoms with Crippen LogP contribution in [0.15, 0.2) is 18.2 Å². The van der Waals surface area contributed by atoms with E-state index in [1.165, 1.54) is 22.5 Å². The van der Waals surface area contributed by atoms with E-state index in [4.69, 9.17) is 4.74 Å². The number of amides is 2. The zero-order valence-corrected chi connectivity index (χ0v) is 19.3. The molecule has 1 fully saturated rings. The average molecular weight is 459 g/mol. The van der Waals surface area contributed by atoms with Crippen LogP contribution in [0.3, 0.4) is 0 Å². The maximum Gasteiger partial charge on any atom is 0.407 e. The first-order chi connectivity index (χ1) is 14.3. The fraction of sp³-hybridized carbons (Fsp3) is 0.600. The second-order valence-corrected chi connectivity index (χ2v) is 10.4. The SMILES string of the molecule is Cc1cc(NC(=O)C2CCN(S(=O)(=O)NC(C)CNC(=O)OC(C)(C)C)C2)ccc1F. The molecule has 174 valence electrons. The molecule has 0 spiro atoms. The number of benzene rings is 1.